The highest BCUT2D eigenvalue weighted by atomic mass is 16.1. The Hall–Kier alpha value is -1.51. The van der Waals surface area contributed by atoms with Gasteiger partial charge in [-0.25, -0.2) is 0 Å². The Balaban J connectivity index is 0.000000561. The number of anilines is 1. The van der Waals surface area contributed by atoms with E-state index in [0.29, 0.717) is 11.3 Å². The van der Waals surface area contributed by atoms with E-state index in [0.717, 1.165) is 0 Å². The number of rotatable bonds is 1. The summed E-state index contributed by atoms with van der Waals surface area (Å²) in [5.74, 6) is -0.431. The molecule has 0 fully saturated rings. The van der Waals surface area contributed by atoms with Crippen LogP contribution in [0.15, 0.2) is 24.3 Å². The molecule has 1 aromatic carbocycles. The summed E-state index contributed by atoms with van der Waals surface area (Å²) < 4.78 is 0. The maximum Gasteiger partial charge on any atom is 0.248 e. The minimum atomic E-state index is -0.431. The zero-order valence-electron chi connectivity index (χ0n) is 7.37. The number of benzene rings is 1. The van der Waals surface area contributed by atoms with E-state index >= 15 is 0 Å². The van der Waals surface area contributed by atoms with Gasteiger partial charge in [-0.2, -0.15) is 0 Å². The van der Waals surface area contributed by atoms with Crippen LogP contribution in [-0.4, -0.2) is 5.91 Å². The van der Waals surface area contributed by atoms with Gasteiger partial charge in [-0.1, -0.05) is 13.8 Å². The van der Waals surface area contributed by atoms with E-state index in [1.165, 1.54) is 0 Å². The molecule has 0 aliphatic rings. The predicted octanol–water partition coefficient (Wildman–Crippen LogP) is 1.39. The molecule has 0 aliphatic carbocycles. The minimum absolute atomic E-state index is 0.431. The van der Waals surface area contributed by atoms with Crippen LogP contribution >= 0.6 is 0 Å². The van der Waals surface area contributed by atoms with Crippen LogP contribution in [0.5, 0.6) is 0 Å². The molecule has 4 N–H and O–H groups in total. The molecule has 0 atom stereocenters. The molecule has 0 spiro atoms. The maximum atomic E-state index is 10.5. The Labute approximate surface area is 72.4 Å². The molecule has 0 bridgehead atoms. The van der Waals surface area contributed by atoms with E-state index in [1.807, 2.05) is 13.8 Å². The standard InChI is InChI=1S/C7H8N2O.C2H6/c8-6-3-1-5(2-4-6)7(9)10;1-2/h1-4H,8H2,(H2,9,10);1-2H3. The Morgan fingerprint density at radius 1 is 1.17 bits per heavy atom. The lowest BCUT2D eigenvalue weighted by Gasteiger charge is -1.93. The summed E-state index contributed by atoms with van der Waals surface area (Å²) in [5, 5.41) is 0. The summed E-state index contributed by atoms with van der Waals surface area (Å²) in [6.45, 7) is 4.00. The highest BCUT2D eigenvalue weighted by molar-refractivity contribution is 5.92. The van der Waals surface area contributed by atoms with Gasteiger partial charge < -0.3 is 11.5 Å². The summed E-state index contributed by atoms with van der Waals surface area (Å²) in [4.78, 5) is 10.5. The SMILES string of the molecule is CC.NC(=O)c1ccc(N)cc1. The van der Waals surface area contributed by atoms with E-state index in [4.69, 9.17) is 11.5 Å². The van der Waals surface area contributed by atoms with Gasteiger partial charge in [0.15, 0.2) is 0 Å². The fourth-order valence-corrected chi connectivity index (χ4v) is 0.647. The molecule has 1 aromatic rings. The Kier molecular flexibility index (Phi) is 4.53. The zero-order chi connectivity index (χ0) is 9.56. The third-order valence-corrected chi connectivity index (χ3v) is 1.20. The van der Waals surface area contributed by atoms with Crippen molar-refractivity contribution in [1.82, 2.24) is 0 Å². The van der Waals surface area contributed by atoms with E-state index in [-0.39, 0.29) is 0 Å². The number of nitrogen functional groups attached to an aromatic ring is 1. The number of hydrogen-bond acceptors (Lipinski definition) is 2. The molecular weight excluding hydrogens is 152 g/mol. The first-order valence-electron chi connectivity index (χ1n) is 3.85. The molecule has 0 saturated carbocycles. The first-order valence-corrected chi connectivity index (χ1v) is 3.85. The van der Waals surface area contributed by atoms with Crippen molar-refractivity contribution < 1.29 is 4.79 Å². The van der Waals surface area contributed by atoms with E-state index in [1.54, 1.807) is 24.3 Å². The monoisotopic (exact) mass is 166 g/mol. The highest BCUT2D eigenvalue weighted by Gasteiger charge is 1.96. The number of primary amides is 1. The summed E-state index contributed by atoms with van der Waals surface area (Å²) >= 11 is 0. The van der Waals surface area contributed by atoms with Crippen LogP contribution in [0, 0.1) is 0 Å². The van der Waals surface area contributed by atoms with E-state index < -0.39 is 5.91 Å². The van der Waals surface area contributed by atoms with E-state index in [2.05, 4.69) is 0 Å². The van der Waals surface area contributed by atoms with Gasteiger partial charge in [0.2, 0.25) is 5.91 Å². The number of carbonyl (C=O) groups excluding carboxylic acids is 1. The zero-order valence-corrected chi connectivity index (χ0v) is 7.37. The second kappa shape index (κ2) is 5.18. The van der Waals surface area contributed by atoms with Crippen molar-refractivity contribution in [3.8, 4) is 0 Å². The van der Waals surface area contributed by atoms with Crippen molar-refractivity contribution in [2.45, 2.75) is 13.8 Å². The van der Waals surface area contributed by atoms with Crippen molar-refractivity contribution >= 4 is 11.6 Å². The number of amides is 1. The second-order valence-corrected chi connectivity index (χ2v) is 1.99. The Morgan fingerprint density at radius 2 is 1.58 bits per heavy atom. The van der Waals surface area contributed by atoms with Crippen LogP contribution < -0.4 is 11.5 Å². The molecular formula is C9H14N2O. The van der Waals surface area contributed by atoms with E-state index in [9.17, 15) is 4.79 Å². The lowest BCUT2D eigenvalue weighted by molar-refractivity contribution is 0.100. The van der Waals surface area contributed by atoms with Crippen LogP contribution in [0.2, 0.25) is 0 Å². The fraction of sp³-hybridized carbons (Fsp3) is 0.222. The van der Waals surface area contributed by atoms with Crippen molar-refractivity contribution in [3.05, 3.63) is 29.8 Å². The smallest absolute Gasteiger partial charge is 0.248 e. The number of nitrogens with two attached hydrogens (primary N) is 2. The largest absolute Gasteiger partial charge is 0.399 e. The first-order chi connectivity index (χ1) is 5.70. The van der Waals surface area contributed by atoms with Gasteiger partial charge in [-0.15, -0.1) is 0 Å². The van der Waals surface area contributed by atoms with Crippen LogP contribution in [0.3, 0.4) is 0 Å². The molecule has 0 radical (unpaired) electrons. The van der Waals surface area contributed by atoms with Crippen LogP contribution in [0.25, 0.3) is 0 Å². The highest BCUT2D eigenvalue weighted by Crippen LogP contribution is 2.03. The molecule has 3 heteroatoms. The molecule has 0 aliphatic heterocycles. The van der Waals surface area contributed by atoms with Gasteiger partial charge in [0, 0.05) is 11.3 Å². The second-order valence-electron chi connectivity index (χ2n) is 1.99. The average molecular weight is 166 g/mol. The van der Waals surface area contributed by atoms with Crippen LogP contribution in [0.4, 0.5) is 5.69 Å². The Bertz CT molecular complexity index is 241. The normalized spacial score (nSPS) is 8.17. The first kappa shape index (κ1) is 10.5. The molecule has 0 unspecified atom stereocenters. The minimum Gasteiger partial charge on any atom is -0.399 e. The van der Waals surface area contributed by atoms with Crippen molar-refractivity contribution in [2.75, 3.05) is 5.73 Å². The fourth-order valence-electron chi connectivity index (χ4n) is 0.647. The third-order valence-electron chi connectivity index (χ3n) is 1.20. The molecule has 12 heavy (non-hydrogen) atoms. The molecule has 0 aromatic heterocycles. The molecule has 1 amide bonds. The van der Waals surface area contributed by atoms with Crippen LogP contribution in [0.1, 0.15) is 24.2 Å². The van der Waals surface area contributed by atoms with Gasteiger partial charge in [0.25, 0.3) is 0 Å². The molecule has 1 rings (SSSR count). The number of carbonyl (C=O) groups is 1. The van der Waals surface area contributed by atoms with Crippen molar-refractivity contribution in [2.24, 2.45) is 5.73 Å². The van der Waals surface area contributed by atoms with Gasteiger partial charge in [-0.05, 0) is 24.3 Å². The van der Waals surface area contributed by atoms with Gasteiger partial charge in [0.05, 0.1) is 0 Å². The van der Waals surface area contributed by atoms with Gasteiger partial charge in [-0.3, -0.25) is 4.79 Å². The summed E-state index contributed by atoms with van der Waals surface area (Å²) in [6, 6.07) is 6.47. The summed E-state index contributed by atoms with van der Waals surface area (Å²) in [5.41, 5.74) is 11.5. The molecule has 66 valence electrons. The quantitative estimate of drug-likeness (QED) is 0.619. The lowest BCUT2D eigenvalue weighted by atomic mass is 10.2. The summed E-state index contributed by atoms with van der Waals surface area (Å²) in [6.07, 6.45) is 0. The molecule has 3 nitrogen and oxygen atoms in total. The predicted molar refractivity (Wildman–Crippen MR) is 50.7 cm³/mol. The maximum absolute atomic E-state index is 10.5. The average Bonchev–Trinajstić information content (AvgIpc) is 2.09. The van der Waals surface area contributed by atoms with Gasteiger partial charge in [0.1, 0.15) is 0 Å². The third kappa shape index (κ3) is 3.05. The lowest BCUT2D eigenvalue weighted by Crippen LogP contribution is -2.10. The van der Waals surface area contributed by atoms with Crippen molar-refractivity contribution in [1.29, 1.82) is 0 Å². The van der Waals surface area contributed by atoms with Crippen molar-refractivity contribution in [3.63, 3.8) is 0 Å². The Morgan fingerprint density at radius 3 is 1.92 bits per heavy atom. The number of hydrogen-bond donors (Lipinski definition) is 2. The van der Waals surface area contributed by atoms with Gasteiger partial charge >= 0.3 is 0 Å². The molecule has 0 heterocycles. The molecule has 0 saturated heterocycles. The summed E-state index contributed by atoms with van der Waals surface area (Å²) in [7, 11) is 0. The topological polar surface area (TPSA) is 69.1 Å². The van der Waals surface area contributed by atoms with Crippen LogP contribution in [-0.2, 0) is 0 Å².